The van der Waals surface area contributed by atoms with Crippen molar-refractivity contribution in [1.82, 2.24) is 24.8 Å². The SMILES string of the molecule is Cc1cnc(COC2CC(c3cc4c(C)nc5c(F)c(-c6cccc(Cl)c6Cl)c(CCC#N)cc5c4n3C3C4CNC3C4)N(C(=O)C3CC3)C2)s1. The molecule has 6 heterocycles. The summed E-state index contributed by atoms with van der Waals surface area (Å²) in [5, 5.41) is 16.5. The number of hydrogen-bond acceptors (Lipinski definition) is 7. The molecule has 5 atom stereocenters. The minimum absolute atomic E-state index is 0.0602. The van der Waals surface area contributed by atoms with E-state index in [2.05, 4.69) is 31.9 Å². The first-order chi connectivity index (χ1) is 24.7. The molecule has 1 N–H and O–H groups in total. The number of aryl methyl sites for hydroxylation is 3. The van der Waals surface area contributed by atoms with Crippen molar-refractivity contribution >= 4 is 62.3 Å². The number of hydrogen-bond donors (Lipinski definition) is 1. The first kappa shape index (κ1) is 33.3. The molecule has 3 aliphatic heterocycles. The molecule has 10 rings (SSSR count). The Balaban J connectivity index is 1.23. The third kappa shape index (κ3) is 5.55. The average Bonchev–Trinajstić information content (AvgIpc) is 3.55. The van der Waals surface area contributed by atoms with Gasteiger partial charge in [0.1, 0.15) is 10.5 Å². The Morgan fingerprint density at radius 2 is 2.04 bits per heavy atom. The Hall–Kier alpha value is -3.59. The van der Waals surface area contributed by atoms with Gasteiger partial charge in [-0.2, -0.15) is 5.26 Å². The van der Waals surface area contributed by atoms with Gasteiger partial charge in [0.15, 0.2) is 5.82 Å². The topological polar surface area (TPSA) is 96.1 Å². The van der Waals surface area contributed by atoms with Crippen molar-refractivity contribution in [2.24, 2.45) is 11.8 Å². The molecule has 5 aromatic rings. The molecule has 0 spiro atoms. The summed E-state index contributed by atoms with van der Waals surface area (Å²) in [7, 11) is 0. The summed E-state index contributed by atoms with van der Waals surface area (Å²) in [4.78, 5) is 26.6. The number of likely N-dealkylation sites (tertiary alicyclic amines) is 1. The Morgan fingerprint density at radius 1 is 1.20 bits per heavy atom. The molecular formula is C39H37Cl2FN6O2S. The number of thiazole rings is 1. The second kappa shape index (κ2) is 12.8. The largest absolute Gasteiger partial charge is 0.369 e. The van der Waals surface area contributed by atoms with Crippen molar-refractivity contribution in [3.63, 3.8) is 0 Å². The first-order valence-corrected chi connectivity index (χ1v) is 19.3. The van der Waals surface area contributed by atoms with E-state index in [1.165, 1.54) is 0 Å². The number of nitrogens with one attached hydrogen (secondary N) is 1. The van der Waals surface area contributed by atoms with E-state index in [4.69, 9.17) is 32.9 Å². The van der Waals surface area contributed by atoms with Crippen molar-refractivity contribution < 1.29 is 13.9 Å². The Labute approximate surface area is 309 Å². The fourth-order valence-corrected chi connectivity index (χ4v) is 9.87. The molecule has 2 saturated carbocycles. The standard InChI is InChI=1S/C39H37Cl2FN6O2S/c1-19-15-45-32(51-19)18-50-24-13-30(47(17-24)39(49)21-8-9-21)31-14-26-20(2)46-36-27(38(26)48(31)37-23-12-29(37)44-16-23)11-22(5-4-10-43)33(35(36)42)25-6-3-7-28(40)34(25)41/h3,6-7,11,14-15,21,23-24,29-30,37,44H,4-5,8-9,12-13,16-18H2,1-2H3. The van der Waals surface area contributed by atoms with Crippen LogP contribution < -0.4 is 5.32 Å². The molecule has 3 aromatic heterocycles. The number of rotatable bonds is 9. The third-order valence-electron chi connectivity index (χ3n) is 11.4. The summed E-state index contributed by atoms with van der Waals surface area (Å²) in [5.41, 5.74) is 4.44. The second-order valence-electron chi connectivity index (χ2n) is 14.6. The average molecular weight is 744 g/mol. The van der Waals surface area contributed by atoms with E-state index in [1.54, 1.807) is 29.5 Å². The summed E-state index contributed by atoms with van der Waals surface area (Å²) < 4.78 is 26.1. The van der Waals surface area contributed by atoms with Crippen LogP contribution in [-0.4, -0.2) is 50.6 Å². The molecule has 12 heteroatoms. The van der Waals surface area contributed by atoms with Crippen molar-refractivity contribution in [3.8, 4) is 17.2 Å². The summed E-state index contributed by atoms with van der Waals surface area (Å²) in [5.74, 6) is 0.200. The molecule has 5 unspecified atom stereocenters. The number of aromatic nitrogens is 3. The van der Waals surface area contributed by atoms with Gasteiger partial charge in [-0.25, -0.2) is 14.4 Å². The van der Waals surface area contributed by atoms with E-state index in [0.717, 1.165) is 52.3 Å². The zero-order valence-corrected chi connectivity index (χ0v) is 30.7. The zero-order valence-electron chi connectivity index (χ0n) is 28.4. The molecule has 262 valence electrons. The van der Waals surface area contributed by atoms with Crippen LogP contribution in [0, 0.1) is 42.8 Å². The molecule has 1 amide bonds. The monoisotopic (exact) mass is 742 g/mol. The molecule has 2 aromatic carbocycles. The van der Waals surface area contributed by atoms with Crippen molar-refractivity contribution in [2.45, 2.75) is 83.2 Å². The normalized spacial score (nSPS) is 24.1. The molecule has 2 aliphatic carbocycles. The van der Waals surface area contributed by atoms with Gasteiger partial charge in [-0.05, 0) is 69.2 Å². The zero-order chi connectivity index (χ0) is 35.1. The maximum atomic E-state index is 17.2. The van der Waals surface area contributed by atoms with E-state index in [0.29, 0.717) is 64.7 Å². The van der Waals surface area contributed by atoms with Crippen LogP contribution in [0.2, 0.25) is 10.0 Å². The number of nitrogens with zero attached hydrogens (tertiary/aromatic N) is 5. The fraction of sp³-hybridized carbons (Fsp3) is 0.436. The lowest BCUT2D eigenvalue weighted by Crippen LogP contribution is -2.41. The molecular weight excluding hydrogens is 706 g/mol. The van der Waals surface area contributed by atoms with Gasteiger partial charge < -0.3 is 19.5 Å². The molecule has 5 fully saturated rings. The minimum Gasteiger partial charge on any atom is -0.369 e. The highest BCUT2D eigenvalue weighted by atomic mass is 35.5. The molecule has 3 saturated heterocycles. The summed E-state index contributed by atoms with van der Waals surface area (Å²) >= 11 is 14.7. The van der Waals surface area contributed by atoms with Gasteiger partial charge in [-0.15, -0.1) is 11.3 Å². The van der Waals surface area contributed by atoms with Crippen LogP contribution in [0.25, 0.3) is 32.9 Å². The van der Waals surface area contributed by atoms with E-state index in [9.17, 15) is 10.1 Å². The number of amides is 1. The molecule has 51 heavy (non-hydrogen) atoms. The number of ether oxygens (including phenoxy) is 1. The molecule has 2 bridgehead atoms. The molecule has 8 nitrogen and oxygen atoms in total. The maximum absolute atomic E-state index is 17.2. The smallest absolute Gasteiger partial charge is 0.226 e. The lowest BCUT2D eigenvalue weighted by Gasteiger charge is -2.39. The number of halogens is 3. The van der Waals surface area contributed by atoms with Crippen molar-refractivity contribution in [1.29, 1.82) is 5.26 Å². The minimum atomic E-state index is -0.476. The van der Waals surface area contributed by atoms with Gasteiger partial charge in [0, 0.05) is 82.3 Å². The van der Waals surface area contributed by atoms with Gasteiger partial charge in [0.05, 0.1) is 46.4 Å². The fourth-order valence-electron chi connectivity index (χ4n) is 8.76. The van der Waals surface area contributed by atoms with E-state index < -0.39 is 5.82 Å². The lowest BCUT2D eigenvalue weighted by atomic mass is 9.79. The number of carbonyl (C=O) groups excluding carboxylic acids is 1. The number of nitriles is 1. The first-order valence-electron chi connectivity index (χ1n) is 17.8. The highest BCUT2D eigenvalue weighted by Crippen LogP contribution is 2.51. The van der Waals surface area contributed by atoms with Gasteiger partial charge in [-0.1, -0.05) is 35.3 Å². The van der Waals surface area contributed by atoms with Gasteiger partial charge in [0.2, 0.25) is 5.91 Å². The number of benzene rings is 2. The predicted molar refractivity (Wildman–Crippen MR) is 197 cm³/mol. The highest BCUT2D eigenvalue weighted by Gasteiger charge is 2.51. The molecule has 5 aliphatic rings. The van der Waals surface area contributed by atoms with Crippen LogP contribution in [0.4, 0.5) is 4.39 Å². The summed E-state index contributed by atoms with van der Waals surface area (Å²) in [6, 6.07) is 11.9. The number of fused-ring (bicyclic) bond motifs is 4. The Bertz CT molecular complexity index is 2260. The van der Waals surface area contributed by atoms with Crippen LogP contribution in [0.1, 0.15) is 71.0 Å². The van der Waals surface area contributed by atoms with E-state index >= 15 is 4.39 Å². The molecule has 0 radical (unpaired) electrons. The Kier molecular flexibility index (Phi) is 8.36. The van der Waals surface area contributed by atoms with Crippen LogP contribution >= 0.6 is 34.5 Å². The van der Waals surface area contributed by atoms with Crippen LogP contribution in [0.5, 0.6) is 0 Å². The number of carbonyl (C=O) groups is 1. The second-order valence-corrected chi connectivity index (χ2v) is 16.7. The maximum Gasteiger partial charge on any atom is 0.226 e. The van der Waals surface area contributed by atoms with Crippen molar-refractivity contribution in [2.75, 3.05) is 13.1 Å². The summed E-state index contributed by atoms with van der Waals surface area (Å²) in [6.45, 7) is 5.83. The van der Waals surface area contributed by atoms with Crippen LogP contribution in [-0.2, 0) is 22.6 Å². The quantitative estimate of drug-likeness (QED) is 0.163. The van der Waals surface area contributed by atoms with Gasteiger partial charge >= 0.3 is 0 Å². The summed E-state index contributed by atoms with van der Waals surface area (Å²) in [6.07, 6.45) is 5.86. The van der Waals surface area contributed by atoms with Gasteiger partial charge in [-0.3, -0.25) is 4.79 Å². The Morgan fingerprint density at radius 3 is 2.75 bits per heavy atom. The van der Waals surface area contributed by atoms with E-state index in [-0.39, 0.29) is 53.0 Å². The number of pyridine rings is 1. The lowest BCUT2D eigenvalue weighted by molar-refractivity contribution is -0.134. The van der Waals surface area contributed by atoms with Gasteiger partial charge in [0.25, 0.3) is 0 Å². The predicted octanol–water partition coefficient (Wildman–Crippen LogP) is 8.63. The van der Waals surface area contributed by atoms with Crippen molar-refractivity contribution in [3.05, 3.63) is 79.2 Å². The third-order valence-corrected chi connectivity index (χ3v) is 13.1. The van der Waals surface area contributed by atoms with Crippen LogP contribution in [0.15, 0.2) is 36.5 Å². The van der Waals surface area contributed by atoms with E-state index in [1.807, 2.05) is 26.1 Å². The highest BCUT2D eigenvalue weighted by molar-refractivity contribution is 7.11. The van der Waals surface area contributed by atoms with Crippen LogP contribution in [0.3, 0.4) is 0 Å².